The summed E-state index contributed by atoms with van der Waals surface area (Å²) in [5.41, 5.74) is 0.421. The van der Waals surface area contributed by atoms with E-state index in [1.165, 1.54) is 0 Å². The smallest absolute Gasteiger partial charge is 0.178 e. The van der Waals surface area contributed by atoms with Crippen molar-refractivity contribution in [3.63, 3.8) is 0 Å². The van der Waals surface area contributed by atoms with Gasteiger partial charge in [0.05, 0.1) is 6.21 Å². The van der Waals surface area contributed by atoms with Crippen molar-refractivity contribution < 1.29 is 14.8 Å². The van der Waals surface area contributed by atoms with Crippen LogP contribution in [0.1, 0.15) is 10.4 Å². The fourth-order valence-corrected chi connectivity index (χ4v) is 1.03. The van der Waals surface area contributed by atoms with Crippen LogP contribution in [0.25, 0.3) is 0 Å². The lowest BCUT2D eigenvalue weighted by Crippen LogP contribution is -2.17. The van der Waals surface area contributed by atoms with Gasteiger partial charge in [0.2, 0.25) is 0 Å². The zero-order valence-electron chi connectivity index (χ0n) is 7.33. The zero-order chi connectivity index (χ0) is 10.4. The number of hydrogen-bond donors (Lipinski definition) is 1. The highest BCUT2D eigenvalue weighted by atomic mass is 16.4. The van der Waals surface area contributed by atoms with Crippen LogP contribution < -0.4 is 0 Å². The average Bonchev–Trinajstić information content (AvgIpc) is 2.26. The molecule has 0 aromatic heterocycles. The van der Waals surface area contributed by atoms with E-state index < -0.39 is 5.92 Å². The number of benzene rings is 1. The zero-order valence-corrected chi connectivity index (χ0v) is 7.33. The predicted molar refractivity (Wildman–Crippen MR) is 50.6 cm³/mol. The highest BCUT2D eigenvalue weighted by Gasteiger charge is 2.16. The van der Waals surface area contributed by atoms with Gasteiger partial charge in [0.15, 0.2) is 5.78 Å². The number of carbonyl (C=O) groups is 2. The van der Waals surface area contributed by atoms with Gasteiger partial charge in [-0.15, -0.1) is 5.16 Å². The summed E-state index contributed by atoms with van der Waals surface area (Å²) in [7, 11) is 0. The quantitative estimate of drug-likeness (QED) is 0.194. The standard InChI is InChI=1S/C10H9NO3/c12-7-9(6-11-14)10(13)8-4-2-1-3-5-8/h1-7,9,14H. The molecule has 0 amide bonds. The molecule has 0 bridgehead atoms. The molecule has 0 saturated carbocycles. The second-order valence-electron chi connectivity index (χ2n) is 2.66. The fraction of sp³-hybridized carbons (Fsp3) is 0.100. The van der Waals surface area contributed by atoms with Crippen molar-refractivity contribution in [2.24, 2.45) is 11.1 Å². The first-order chi connectivity index (χ1) is 6.79. The molecule has 1 atom stereocenters. The Bertz CT molecular complexity index is 346. The monoisotopic (exact) mass is 191 g/mol. The fourth-order valence-electron chi connectivity index (χ4n) is 1.03. The first kappa shape index (κ1) is 10.1. The molecule has 0 spiro atoms. The van der Waals surface area contributed by atoms with E-state index in [1.807, 2.05) is 0 Å². The normalized spacial score (nSPS) is 12.6. The molecule has 1 N–H and O–H groups in total. The topological polar surface area (TPSA) is 66.7 Å². The summed E-state index contributed by atoms with van der Waals surface area (Å²) in [4.78, 5) is 22.0. The van der Waals surface area contributed by atoms with Crippen LogP contribution in [0.3, 0.4) is 0 Å². The van der Waals surface area contributed by atoms with Crippen molar-refractivity contribution in [3.8, 4) is 0 Å². The molecule has 14 heavy (non-hydrogen) atoms. The summed E-state index contributed by atoms with van der Waals surface area (Å²) >= 11 is 0. The lowest BCUT2D eigenvalue weighted by atomic mass is 10.0. The molecular formula is C10H9NO3. The van der Waals surface area contributed by atoms with Crippen molar-refractivity contribution in [3.05, 3.63) is 35.9 Å². The number of hydrogen-bond acceptors (Lipinski definition) is 4. The molecule has 0 fully saturated rings. The third-order valence-electron chi connectivity index (χ3n) is 1.73. The maximum absolute atomic E-state index is 11.5. The molecule has 0 saturated heterocycles. The Labute approximate surface area is 80.9 Å². The molecule has 1 unspecified atom stereocenters. The summed E-state index contributed by atoms with van der Waals surface area (Å²) in [6.07, 6.45) is 1.34. The molecule has 72 valence electrons. The van der Waals surface area contributed by atoms with Gasteiger partial charge in [-0.2, -0.15) is 0 Å². The van der Waals surface area contributed by atoms with Crippen LogP contribution in [-0.2, 0) is 4.79 Å². The minimum absolute atomic E-state index is 0.376. The molecule has 0 aliphatic carbocycles. The molecule has 1 aromatic carbocycles. The lowest BCUT2D eigenvalue weighted by Gasteiger charge is -2.01. The first-order valence-corrected chi connectivity index (χ1v) is 4.01. The van der Waals surface area contributed by atoms with E-state index in [4.69, 9.17) is 5.21 Å². The number of Topliss-reactive ketones (excluding diaryl/α,β-unsaturated/α-hetero) is 1. The van der Waals surface area contributed by atoms with Gasteiger partial charge in [-0.05, 0) is 0 Å². The Kier molecular flexibility index (Phi) is 3.55. The van der Waals surface area contributed by atoms with Gasteiger partial charge in [0, 0.05) is 5.56 Å². The minimum Gasteiger partial charge on any atom is -0.411 e. The Morgan fingerprint density at radius 2 is 2.00 bits per heavy atom. The molecule has 1 rings (SSSR count). The van der Waals surface area contributed by atoms with E-state index in [-0.39, 0.29) is 5.78 Å². The first-order valence-electron chi connectivity index (χ1n) is 4.01. The Balaban J connectivity index is 2.89. The molecule has 0 heterocycles. The van der Waals surface area contributed by atoms with Gasteiger partial charge in [-0.3, -0.25) is 4.79 Å². The average molecular weight is 191 g/mol. The number of ketones is 1. The Morgan fingerprint density at radius 3 is 2.50 bits per heavy atom. The third kappa shape index (κ3) is 2.26. The summed E-state index contributed by atoms with van der Waals surface area (Å²) in [6.45, 7) is 0. The Hall–Kier alpha value is -1.97. The molecular weight excluding hydrogens is 182 g/mol. The van der Waals surface area contributed by atoms with Crippen LogP contribution >= 0.6 is 0 Å². The SMILES string of the molecule is O=CC(C=NO)C(=O)c1ccccc1. The lowest BCUT2D eigenvalue weighted by molar-refractivity contribution is -0.108. The molecule has 0 aliphatic heterocycles. The third-order valence-corrected chi connectivity index (χ3v) is 1.73. The molecule has 4 heteroatoms. The van der Waals surface area contributed by atoms with Crippen LogP contribution in [0.2, 0.25) is 0 Å². The van der Waals surface area contributed by atoms with Crippen molar-refractivity contribution >= 4 is 18.3 Å². The molecule has 1 aromatic rings. The summed E-state index contributed by atoms with van der Waals surface area (Å²) < 4.78 is 0. The molecule has 0 radical (unpaired) electrons. The second-order valence-corrected chi connectivity index (χ2v) is 2.66. The van der Waals surface area contributed by atoms with Gasteiger partial charge >= 0.3 is 0 Å². The summed E-state index contributed by atoms with van der Waals surface area (Å²) in [5, 5.41) is 10.9. The van der Waals surface area contributed by atoms with Crippen LogP contribution in [0.15, 0.2) is 35.5 Å². The maximum atomic E-state index is 11.5. The number of nitrogens with zero attached hydrogens (tertiary/aromatic N) is 1. The van der Waals surface area contributed by atoms with Crippen LogP contribution in [-0.4, -0.2) is 23.5 Å². The number of oxime groups is 1. The van der Waals surface area contributed by atoms with Crippen LogP contribution in [0, 0.1) is 5.92 Å². The predicted octanol–water partition coefficient (Wildman–Crippen LogP) is 1.14. The van der Waals surface area contributed by atoms with E-state index in [1.54, 1.807) is 30.3 Å². The Morgan fingerprint density at radius 1 is 1.36 bits per heavy atom. The second kappa shape index (κ2) is 4.91. The van der Waals surface area contributed by atoms with Crippen LogP contribution in [0.4, 0.5) is 0 Å². The largest absolute Gasteiger partial charge is 0.411 e. The van der Waals surface area contributed by atoms with E-state index in [9.17, 15) is 9.59 Å². The van der Waals surface area contributed by atoms with Crippen molar-refractivity contribution in [2.75, 3.05) is 0 Å². The van der Waals surface area contributed by atoms with E-state index >= 15 is 0 Å². The maximum Gasteiger partial charge on any atom is 0.178 e. The summed E-state index contributed by atoms with van der Waals surface area (Å²) in [5.74, 6) is -1.39. The molecule has 0 aliphatic rings. The van der Waals surface area contributed by atoms with Gasteiger partial charge in [-0.1, -0.05) is 30.3 Å². The minimum atomic E-state index is -1.01. The number of carbonyl (C=O) groups excluding carboxylic acids is 2. The number of aldehydes is 1. The van der Waals surface area contributed by atoms with Crippen molar-refractivity contribution in [2.45, 2.75) is 0 Å². The molecule has 4 nitrogen and oxygen atoms in total. The van der Waals surface area contributed by atoms with Crippen molar-refractivity contribution in [1.82, 2.24) is 0 Å². The van der Waals surface area contributed by atoms with Gasteiger partial charge in [0.25, 0.3) is 0 Å². The van der Waals surface area contributed by atoms with Crippen molar-refractivity contribution in [1.29, 1.82) is 0 Å². The van der Waals surface area contributed by atoms with Crippen LogP contribution in [0.5, 0.6) is 0 Å². The highest BCUT2D eigenvalue weighted by molar-refractivity contribution is 6.14. The van der Waals surface area contributed by atoms with E-state index in [2.05, 4.69) is 5.16 Å². The summed E-state index contributed by atoms with van der Waals surface area (Å²) in [6, 6.07) is 8.37. The van der Waals surface area contributed by atoms with E-state index in [0.717, 1.165) is 6.21 Å². The van der Waals surface area contributed by atoms with E-state index in [0.29, 0.717) is 11.8 Å². The van der Waals surface area contributed by atoms with Gasteiger partial charge < -0.3 is 10.0 Å². The van der Waals surface area contributed by atoms with Gasteiger partial charge in [0.1, 0.15) is 12.2 Å². The highest BCUT2D eigenvalue weighted by Crippen LogP contribution is 2.05. The van der Waals surface area contributed by atoms with Gasteiger partial charge in [-0.25, -0.2) is 0 Å². The number of rotatable bonds is 4.